The summed E-state index contributed by atoms with van der Waals surface area (Å²) in [6.07, 6.45) is 0.219. The Balaban J connectivity index is 1.37. The largest absolute Gasteiger partial charge is 0.460 e. The standard InChI is InChI=1S/C29H32N4O7/c1-38-16-17-39-29(35)23-10-11-26(27(18-23)33(36)37)30-24-8-5-9-25(19-24)31-12-14-32(15-13-31)28(20-34)40-21-22-6-3-2-4-7-22/h2-11,18-20,28,30H,12-17,21H2,1H3. The smallest absolute Gasteiger partial charge is 0.338 e. The topological polar surface area (TPSA) is 123 Å². The van der Waals surface area contributed by atoms with Gasteiger partial charge in [-0.25, -0.2) is 4.79 Å². The minimum absolute atomic E-state index is 0.0562. The number of anilines is 3. The van der Waals surface area contributed by atoms with Crippen molar-refractivity contribution in [2.24, 2.45) is 0 Å². The second kappa shape index (κ2) is 14.2. The number of nitrogens with zero attached hydrogens (tertiary/aromatic N) is 3. The molecule has 3 aromatic rings. The Hall–Kier alpha value is -4.32. The summed E-state index contributed by atoms with van der Waals surface area (Å²) in [4.78, 5) is 39.3. The van der Waals surface area contributed by atoms with E-state index in [0.29, 0.717) is 38.5 Å². The third kappa shape index (κ3) is 7.63. The minimum atomic E-state index is -0.657. The van der Waals surface area contributed by atoms with Crippen LogP contribution in [-0.4, -0.2) is 74.8 Å². The molecule has 3 aromatic carbocycles. The van der Waals surface area contributed by atoms with Gasteiger partial charge in [-0.3, -0.25) is 19.8 Å². The van der Waals surface area contributed by atoms with Crippen molar-refractivity contribution in [1.82, 2.24) is 4.90 Å². The SMILES string of the molecule is COCCOC(=O)c1ccc(Nc2cccc(N3CCN(C(C=O)OCc4ccccc4)CC3)c2)c([N+](=O)[O-])c1. The van der Waals surface area contributed by atoms with Crippen molar-refractivity contribution in [3.8, 4) is 0 Å². The molecule has 4 rings (SSSR count). The van der Waals surface area contributed by atoms with Gasteiger partial charge < -0.3 is 24.4 Å². The van der Waals surface area contributed by atoms with E-state index in [-0.39, 0.29) is 30.2 Å². The average Bonchev–Trinajstić information content (AvgIpc) is 2.98. The average molecular weight is 549 g/mol. The number of piperazine rings is 1. The number of rotatable bonds is 13. The highest BCUT2D eigenvalue weighted by molar-refractivity contribution is 5.91. The van der Waals surface area contributed by atoms with E-state index in [1.54, 1.807) is 0 Å². The van der Waals surface area contributed by atoms with Crippen LogP contribution in [0, 0.1) is 10.1 Å². The first-order chi connectivity index (χ1) is 19.5. The first-order valence-electron chi connectivity index (χ1n) is 12.9. The molecule has 1 N–H and O–H groups in total. The van der Waals surface area contributed by atoms with Crippen molar-refractivity contribution in [3.05, 3.63) is 94.0 Å². The predicted octanol–water partition coefficient (Wildman–Crippen LogP) is 4.01. The van der Waals surface area contributed by atoms with Crippen molar-refractivity contribution < 1.29 is 28.7 Å². The summed E-state index contributed by atoms with van der Waals surface area (Å²) in [5, 5.41) is 14.8. The second-order valence-electron chi connectivity index (χ2n) is 9.14. The van der Waals surface area contributed by atoms with Crippen molar-refractivity contribution in [2.75, 3.05) is 56.7 Å². The third-order valence-corrected chi connectivity index (χ3v) is 6.50. The second-order valence-corrected chi connectivity index (χ2v) is 9.14. The van der Waals surface area contributed by atoms with Gasteiger partial charge in [0.15, 0.2) is 12.5 Å². The molecular formula is C29H32N4O7. The first-order valence-corrected chi connectivity index (χ1v) is 12.9. The fourth-order valence-electron chi connectivity index (χ4n) is 4.37. The number of ether oxygens (including phenoxy) is 3. The van der Waals surface area contributed by atoms with Gasteiger partial charge in [0.1, 0.15) is 12.3 Å². The molecule has 0 spiro atoms. The van der Waals surface area contributed by atoms with Crippen molar-refractivity contribution in [1.29, 1.82) is 0 Å². The van der Waals surface area contributed by atoms with Crippen LogP contribution < -0.4 is 10.2 Å². The van der Waals surface area contributed by atoms with Gasteiger partial charge in [0.05, 0.1) is 23.7 Å². The van der Waals surface area contributed by atoms with Gasteiger partial charge in [0.25, 0.3) is 5.69 Å². The number of nitro benzene ring substituents is 1. The van der Waals surface area contributed by atoms with Gasteiger partial charge in [-0.15, -0.1) is 0 Å². The van der Waals surface area contributed by atoms with Crippen LogP contribution >= 0.6 is 0 Å². The first kappa shape index (κ1) is 28.7. The van der Waals surface area contributed by atoms with Crippen LogP contribution in [-0.2, 0) is 25.6 Å². The molecule has 210 valence electrons. The van der Waals surface area contributed by atoms with Crippen LogP contribution in [0.5, 0.6) is 0 Å². The molecule has 0 amide bonds. The van der Waals surface area contributed by atoms with Gasteiger partial charge in [-0.1, -0.05) is 36.4 Å². The number of carbonyl (C=O) groups excluding carboxylic acids is 2. The number of aldehydes is 1. The molecule has 0 radical (unpaired) electrons. The number of hydrogen-bond donors (Lipinski definition) is 1. The number of nitrogens with one attached hydrogen (secondary N) is 1. The predicted molar refractivity (Wildman–Crippen MR) is 150 cm³/mol. The maximum Gasteiger partial charge on any atom is 0.338 e. The highest BCUT2D eigenvalue weighted by atomic mass is 16.6. The molecule has 1 unspecified atom stereocenters. The zero-order chi connectivity index (χ0) is 28.3. The lowest BCUT2D eigenvalue weighted by Crippen LogP contribution is -2.51. The van der Waals surface area contributed by atoms with E-state index in [2.05, 4.69) is 10.2 Å². The monoisotopic (exact) mass is 548 g/mol. The van der Waals surface area contributed by atoms with E-state index in [1.165, 1.54) is 25.3 Å². The number of hydrogen-bond acceptors (Lipinski definition) is 10. The van der Waals surface area contributed by atoms with E-state index in [1.807, 2.05) is 59.5 Å². The summed E-state index contributed by atoms with van der Waals surface area (Å²) in [6, 6.07) is 21.5. The summed E-state index contributed by atoms with van der Waals surface area (Å²) >= 11 is 0. The third-order valence-electron chi connectivity index (χ3n) is 6.50. The fraction of sp³-hybridized carbons (Fsp3) is 0.310. The maximum absolute atomic E-state index is 12.2. The summed E-state index contributed by atoms with van der Waals surface area (Å²) in [5.74, 6) is -0.657. The molecule has 40 heavy (non-hydrogen) atoms. The number of benzene rings is 3. The zero-order valence-corrected chi connectivity index (χ0v) is 22.2. The van der Waals surface area contributed by atoms with Crippen LogP contribution in [0.1, 0.15) is 15.9 Å². The molecule has 1 aliphatic heterocycles. The Morgan fingerprint density at radius 3 is 2.50 bits per heavy atom. The lowest BCUT2D eigenvalue weighted by molar-refractivity contribution is -0.383. The highest BCUT2D eigenvalue weighted by Gasteiger charge is 2.25. The van der Waals surface area contributed by atoms with Crippen molar-refractivity contribution >= 4 is 35.0 Å². The number of esters is 1. The maximum atomic E-state index is 12.2. The molecule has 11 heteroatoms. The summed E-state index contributed by atoms with van der Waals surface area (Å²) in [5.41, 5.74) is 2.71. The van der Waals surface area contributed by atoms with Crippen molar-refractivity contribution in [2.45, 2.75) is 12.8 Å². The van der Waals surface area contributed by atoms with E-state index in [4.69, 9.17) is 14.2 Å². The normalized spacial score (nSPS) is 14.4. The van der Waals surface area contributed by atoms with E-state index < -0.39 is 17.1 Å². The van der Waals surface area contributed by atoms with Gasteiger partial charge in [0.2, 0.25) is 0 Å². The molecule has 11 nitrogen and oxygen atoms in total. The van der Waals surface area contributed by atoms with Gasteiger partial charge in [-0.05, 0) is 35.9 Å². The lowest BCUT2D eigenvalue weighted by atomic mass is 10.1. The summed E-state index contributed by atoms with van der Waals surface area (Å²) < 4.78 is 15.8. The molecule has 1 heterocycles. The zero-order valence-electron chi connectivity index (χ0n) is 22.2. The molecule has 1 fully saturated rings. The summed E-state index contributed by atoms with van der Waals surface area (Å²) in [6.45, 7) is 3.30. The minimum Gasteiger partial charge on any atom is -0.460 e. The molecular weight excluding hydrogens is 516 g/mol. The van der Waals surface area contributed by atoms with E-state index >= 15 is 0 Å². The Morgan fingerprint density at radius 2 is 1.80 bits per heavy atom. The number of nitro groups is 1. The number of methoxy groups -OCH3 is 1. The van der Waals surface area contributed by atoms with Crippen LogP contribution in [0.3, 0.4) is 0 Å². The Kier molecular flexibility index (Phi) is 10.2. The molecule has 0 bridgehead atoms. The molecule has 1 saturated heterocycles. The van der Waals surface area contributed by atoms with Gasteiger partial charge in [-0.2, -0.15) is 0 Å². The van der Waals surface area contributed by atoms with Crippen LogP contribution in [0.2, 0.25) is 0 Å². The van der Waals surface area contributed by atoms with E-state index in [0.717, 1.165) is 17.5 Å². The molecule has 1 aliphatic rings. The lowest BCUT2D eigenvalue weighted by Gasteiger charge is -2.38. The molecule has 0 aromatic heterocycles. The van der Waals surface area contributed by atoms with Gasteiger partial charge >= 0.3 is 5.97 Å². The quantitative estimate of drug-likeness (QED) is 0.110. The molecule has 0 saturated carbocycles. The van der Waals surface area contributed by atoms with Crippen molar-refractivity contribution in [3.63, 3.8) is 0 Å². The molecule has 0 aliphatic carbocycles. The highest BCUT2D eigenvalue weighted by Crippen LogP contribution is 2.31. The van der Waals surface area contributed by atoms with Crippen LogP contribution in [0.15, 0.2) is 72.8 Å². The Bertz CT molecular complexity index is 1300. The Labute approximate surface area is 232 Å². The number of carbonyl (C=O) groups is 2. The van der Waals surface area contributed by atoms with E-state index in [9.17, 15) is 19.7 Å². The molecule has 1 atom stereocenters. The van der Waals surface area contributed by atoms with Crippen LogP contribution in [0.25, 0.3) is 0 Å². The van der Waals surface area contributed by atoms with Crippen LogP contribution in [0.4, 0.5) is 22.7 Å². The Morgan fingerprint density at radius 1 is 1.02 bits per heavy atom. The fourth-order valence-corrected chi connectivity index (χ4v) is 4.37. The summed E-state index contributed by atoms with van der Waals surface area (Å²) in [7, 11) is 1.49. The van der Waals surface area contributed by atoms with Gasteiger partial charge in [0, 0.05) is 50.7 Å².